The Morgan fingerprint density at radius 1 is 1.11 bits per heavy atom. The molecule has 11 nitrogen and oxygen atoms in total. The second kappa shape index (κ2) is 12.2. The van der Waals surface area contributed by atoms with Crippen molar-refractivity contribution in [3.8, 4) is 28.5 Å². The van der Waals surface area contributed by atoms with Crippen LogP contribution in [-0.2, 0) is 14.6 Å². The van der Waals surface area contributed by atoms with Gasteiger partial charge in [-0.1, -0.05) is 0 Å². The summed E-state index contributed by atoms with van der Waals surface area (Å²) in [7, 11) is -1.87. The van der Waals surface area contributed by atoms with Gasteiger partial charge >= 0.3 is 0 Å². The van der Waals surface area contributed by atoms with E-state index in [2.05, 4.69) is 15.3 Å². The van der Waals surface area contributed by atoms with Crippen LogP contribution in [0.15, 0.2) is 53.7 Å². The molecule has 3 atom stereocenters. The smallest absolute Gasteiger partial charge is 0.268 e. The number of aliphatic hydroxyl groups excluding tert-OH is 2. The number of pyridine rings is 1. The van der Waals surface area contributed by atoms with Gasteiger partial charge in [-0.3, -0.25) is 4.79 Å². The Labute approximate surface area is 215 Å². The largest absolute Gasteiger partial charge is 0.488 e. The van der Waals surface area contributed by atoms with Crippen molar-refractivity contribution in [3.63, 3.8) is 0 Å². The molecule has 2 aromatic heterocycles. The van der Waals surface area contributed by atoms with Crippen molar-refractivity contribution in [2.45, 2.75) is 37.1 Å². The summed E-state index contributed by atoms with van der Waals surface area (Å²) in [5.74, 6) is 0.704. The van der Waals surface area contributed by atoms with E-state index >= 15 is 0 Å². The normalized spacial score (nSPS) is 14.0. The average molecular weight is 534 g/mol. The summed E-state index contributed by atoms with van der Waals surface area (Å²) < 4.78 is 40.4. The van der Waals surface area contributed by atoms with E-state index in [-0.39, 0.29) is 16.8 Å². The molecule has 2 heterocycles. The molecule has 0 saturated heterocycles. The minimum atomic E-state index is -3.44. The van der Waals surface area contributed by atoms with Crippen LogP contribution in [0.25, 0.3) is 11.3 Å². The Morgan fingerprint density at radius 2 is 1.84 bits per heavy atom. The number of nitrogens with one attached hydrogen (secondary N) is 2. The summed E-state index contributed by atoms with van der Waals surface area (Å²) >= 11 is 0. The second-order valence-electron chi connectivity index (χ2n) is 8.57. The number of aromatic amines is 1. The van der Waals surface area contributed by atoms with Crippen LogP contribution < -0.4 is 14.8 Å². The van der Waals surface area contributed by atoms with Gasteiger partial charge in [0.1, 0.15) is 29.0 Å². The van der Waals surface area contributed by atoms with Crippen molar-refractivity contribution in [3.05, 3.63) is 54.4 Å². The van der Waals surface area contributed by atoms with Crippen molar-refractivity contribution in [1.29, 1.82) is 0 Å². The highest BCUT2D eigenvalue weighted by Crippen LogP contribution is 2.33. The highest BCUT2D eigenvalue weighted by atomic mass is 32.2. The Bertz CT molecular complexity index is 1310. The summed E-state index contributed by atoms with van der Waals surface area (Å²) in [5.41, 5.74) is 1.46. The van der Waals surface area contributed by atoms with E-state index in [0.717, 1.165) is 6.26 Å². The first-order chi connectivity index (χ1) is 17.5. The highest BCUT2D eigenvalue weighted by Gasteiger charge is 2.19. The molecule has 3 rings (SSSR count). The zero-order chi connectivity index (χ0) is 27.2. The van der Waals surface area contributed by atoms with Gasteiger partial charge in [-0.25, -0.2) is 13.4 Å². The molecule has 4 N–H and O–H groups in total. The fourth-order valence-electron chi connectivity index (χ4n) is 3.40. The van der Waals surface area contributed by atoms with Crippen molar-refractivity contribution in [2.75, 3.05) is 26.6 Å². The van der Waals surface area contributed by atoms with Gasteiger partial charge in [0.25, 0.3) is 5.91 Å². The second-order valence-corrected chi connectivity index (χ2v) is 10.5. The molecule has 0 aliphatic rings. The van der Waals surface area contributed by atoms with Crippen LogP contribution >= 0.6 is 0 Å². The lowest BCUT2D eigenvalue weighted by molar-refractivity contribution is 0.0754. The number of hydrogen-bond acceptors (Lipinski definition) is 9. The molecular formula is C25H31N3O8S. The topological polar surface area (TPSA) is 160 Å². The predicted octanol–water partition coefficient (Wildman–Crippen LogP) is 2.16. The van der Waals surface area contributed by atoms with Crippen LogP contribution in [0.5, 0.6) is 17.2 Å². The number of methoxy groups -OCH3 is 1. The number of amides is 1. The van der Waals surface area contributed by atoms with Crippen LogP contribution in [0.3, 0.4) is 0 Å². The van der Waals surface area contributed by atoms with Gasteiger partial charge in [0.2, 0.25) is 0 Å². The Hall–Kier alpha value is -3.45. The zero-order valence-electron chi connectivity index (χ0n) is 21.0. The number of nitrogens with zero attached hydrogens (tertiary/aromatic N) is 1. The summed E-state index contributed by atoms with van der Waals surface area (Å²) in [6, 6.07) is 10.5. The molecule has 0 saturated carbocycles. The average Bonchev–Trinajstić information content (AvgIpc) is 3.32. The lowest BCUT2D eigenvalue weighted by Gasteiger charge is -2.18. The molecule has 0 spiro atoms. The molecule has 0 unspecified atom stereocenters. The first-order valence-electron chi connectivity index (χ1n) is 11.4. The van der Waals surface area contributed by atoms with Crippen molar-refractivity contribution in [2.24, 2.45) is 0 Å². The van der Waals surface area contributed by atoms with Gasteiger partial charge in [-0.05, 0) is 50.2 Å². The number of rotatable bonds is 12. The minimum Gasteiger partial charge on any atom is -0.488 e. The number of carbonyl (C=O) groups excluding carboxylic acids is 1. The minimum absolute atomic E-state index is 0.0674. The Morgan fingerprint density at radius 3 is 2.43 bits per heavy atom. The van der Waals surface area contributed by atoms with Gasteiger partial charge < -0.3 is 34.7 Å². The van der Waals surface area contributed by atoms with E-state index in [1.165, 1.54) is 25.3 Å². The number of benzene rings is 1. The predicted molar refractivity (Wildman–Crippen MR) is 136 cm³/mol. The number of ether oxygens (including phenoxy) is 3. The summed E-state index contributed by atoms with van der Waals surface area (Å²) in [6.07, 6.45) is 1.20. The van der Waals surface area contributed by atoms with E-state index in [4.69, 9.17) is 14.2 Å². The standard InChI is InChI=1S/C25H31N3O8S/c1-15(14-34-3)35-19-9-17(21-6-7-22(27-21)25(31)28-23(13-29)16(2)30)10-20(11-19)36-18-5-8-24(26-12-18)37(4,32)33/h5-12,15-16,23,27,29-30H,13-14H2,1-4H3,(H,28,31)/t15-,16+,23-/m0/s1. The number of carbonyl (C=O) groups is 1. The van der Waals surface area contributed by atoms with Gasteiger partial charge in [-0.15, -0.1) is 0 Å². The quantitative estimate of drug-likeness (QED) is 0.273. The maximum Gasteiger partial charge on any atom is 0.268 e. The van der Waals surface area contributed by atoms with Crippen molar-refractivity contribution >= 4 is 15.7 Å². The molecule has 37 heavy (non-hydrogen) atoms. The Balaban J connectivity index is 1.90. The maximum atomic E-state index is 12.6. The SMILES string of the molecule is COC[C@H](C)Oc1cc(Oc2ccc(S(C)(=O)=O)nc2)cc(-c2ccc(C(=O)N[C@@H](CO)[C@@H](C)O)[nH]2)c1. The molecule has 0 aliphatic heterocycles. The van der Waals surface area contributed by atoms with E-state index in [1.54, 1.807) is 37.4 Å². The van der Waals surface area contributed by atoms with Crippen molar-refractivity contribution < 1.29 is 37.6 Å². The fraction of sp³-hybridized carbons (Fsp3) is 0.360. The third-order valence-electron chi connectivity index (χ3n) is 5.28. The van der Waals surface area contributed by atoms with Crippen LogP contribution in [0, 0.1) is 0 Å². The number of sulfone groups is 1. The Kier molecular flexibility index (Phi) is 9.27. The lowest BCUT2D eigenvalue weighted by atomic mass is 10.1. The number of hydrogen-bond donors (Lipinski definition) is 4. The third kappa shape index (κ3) is 7.76. The van der Waals surface area contributed by atoms with Crippen LogP contribution in [0.2, 0.25) is 0 Å². The van der Waals surface area contributed by atoms with E-state index in [1.807, 2.05) is 6.92 Å². The molecule has 12 heteroatoms. The van der Waals surface area contributed by atoms with E-state index < -0.39 is 34.5 Å². The molecule has 0 aliphatic carbocycles. The van der Waals surface area contributed by atoms with Crippen LogP contribution in [-0.4, -0.2) is 79.3 Å². The van der Waals surface area contributed by atoms with Crippen LogP contribution in [0.4, 0.5) is 0 Å². The van der Waals surface area contributed by atoms with Crippen LogP contribution in [0.1, 0.15) is 24.3 Å². The van der Waals surface area contributed by atoms with Gasteiger partial charge in [0, 0.05) is 30.7 Å². The molecule has 0 radical (unpaired) electrons. The number of H-pyrrole nitrogens is 1. The number of aliphatic hydroxyl groups is 2. The van der Waals surface area contributed by atoms with Gasteiger partial charge in [0.05, 0.1) is 31.6 Å². The molecular weight excluding hydrogens is 502 g/mol. The first kappa shape index (κ1) is 28.1. The van der Waals surface area contributed by atoms with Gasteiger partial charge in [-0.2, -0.15) is 0 Å². The van der Waals surface area contributed by atoms with Gasteiger partial charge in [0.15, 0.2) is 14.9 Å². The fourth-order valence-corrected chi connectivity index (χ4v) is 3.96. The number of aromatic nitrogens is 2. The van der Waals surface area contributed by atoms with E-state index in [9.17, 15) is 23.4 Å². The third-order valence-corrected chi connectivity index (χ3v) is 6.28. The summed E-state index contributed by atoms with van der Waals surface area (Å²) in [4.78, 5) is 19.5. The first-order valence-corrected chi connectivity index (χ1v) is 13.3. The zero-order valence-corrected chi connectivity index (χ0v) is 21.8. The maximum absolute atomic E-state index is 12.6. The molecule has 200 valence electrons. The molecule has 3 aromatic rings. The van der Waals surface area contributed by atoms with E-state index in [0.29, 0.717) is 35.1 Å². The molecule has 1 amide bonds. The monoisotopic (exact) mass is 533 g/mol. The molecule has 0 fully saturated rings. The molecule has 0 bridgehead atoms. The lowest BCUT2D eigenvalue weighted by Crippen LogP contribution is -2.44. The summed E-state index contributed by atoms with van der Waals surface area (Å²) in [6.45, 7) is 3.28. The summed E-state index contributed by atoms with van der Waals surface area (Å²) in [5, 5.41) is 21.6. The molecule has 1 aromatic carbocycles. The van der Waals surface area contributed by atoms with Crippen molar-refractivity contribution in [1.82, 2.24) is 15.3 Å². The highest BCUT2D eigenvalue weighted by molar-refractivity contribution is 7.90.